The number of epoxide rings is 1. The molecule has 7 atom stereocenters. The van der Waals surface area contributed by atoms with Crippen molar-refractivity contribution in [3.63, 3.8) is 0 Å². The number of esters is 1. The van der Waals surface area contributed by atoms with Crippen LogP contribution in [0.2, 0.25) is 0 Å². The average molecular weight is 523 g/mol. The number of Topliss-reactive ketones (excluding diaryl/α,β-unsaturated/α-hetero) is 1. The predicted octanol–water partition coefficient (Wildman–Crippen LogP) is 5.73. The highest BCUT2D eigenvalue weighted by Crippen LogP contribution is 2.45. The quantitative estimate of drug-likeness (QED) is 0.277. The number of carbonyl (C=O) groups is 2. The Bertz CT molecular complexity index is 890. The molecule has 0 spiro atoms. The molecule has 0 amide bonds. The van der Waals surface area contributed by atoms with E-state index >= 15 is 0 Å². The average Bonchev–Trinajstić information content (AvgIpc) is 3.43. The van der Waals surface area contributed by atoms with Gasteiger partial charge in [0.1, 0.15) is 11.9 Å². The number of fused-ring (bicyclic) bond motifs is 1. The van der Waals surface area contributed by atoms with Gasteiger partial charge in [0.25, 0.3) is 0 Å². The molecule has 0 aromatic rings. The predicted molar refractivity (Wildman–Crippen MR) is 145 cm³/mol. The van der Waals surface area contributed by atoms with Gasteiger partial charge in [0, 0.05) is 12.3 Å². The number of ketones is 1. The Morgan fingerprint density at radius 1 is 1.14 bits per heavy atom. The summed E-state index contributed by atoms with van der Waals surface area (Å²) in [5.74, 6) is -1.54. The molecular formula is C29H46O6S. The van der Waals surface area contributed by atoms with E-state index in [0.717, 1.165) is 35.3 Å². The van der Waals surface area contributed by atoms with Crippen LogP contribution in [0.4, 0.5) is 0 Å². The lowest BCUT2D eigenvalue weighted by atomic mass is 9.73. The third-order valence-corrected chi connectivity index (χ3v) is 8.71. The molecule has 2 heterocycles. The molecule has 2 fully saturated rings. The molecule has 0 saturated carbocycles. The number of aliphatic hydroxyl groups excluding tert-OH is 2. The van der Waals surface area contributed by atoms with Gasteiger partial charge in [-0.05, 0) is 67.9 Å². The molecule has 6 nitrogen and oxygen atoms in total. The van der Waals surface area contributed by atoms with Crippen LogP contribution in [0, 0.1) is 17.3 Å². The minimum Gasteiger partial charge on any atom is -0.458 e. The number of thioether (sulfide) groups is 1. The summed E-state index contributed by atoms with van der Waals surface area (Å²) in [7, 11) is 0. The smallest absolute Gasteiger partial charge is 0.309 e. The highest BCUT2D eigenvalue weighted by atomic mass is 32.2. The molecule has 2 aliphatic heterocycles. The number of cyclic esters (lactones) is 1. The van der Waals surface area contributed by atoms with Gasteiger partial charge in [-0.3, -0.25) is 9.59 Å². The zero-order valence-electron chi connectivity index (χ0n) is 23.3. The standard InChI is InChI=1S/C29H46O6S/c1-17(2)36-16-18(3)13-20(5)22-14-24-29(9,35-24)12-10-11-19(4)26(32)21(6)27(33)28(7,8)23(30)15-25(31)34-22/h13,16,19,21-24,26,30,32H,1,10-12,14-15H2,2-9H3/b18-16+,20-13+/t19-,21+,22-,23-,24-,26-,29+/m0/s1. The fourth-order valence-corrected chi connectivity index (χ4v) is 5.43. The van der Waals surface area contributed by atoms with Crippen molar-refractivity contribution in [1.29, 1.82) is 0 Å². The van der Waals surface area contributed by atoms with Crippen molar-refractivity contribution < 1.29 is 29.3 Å². The van der Waals surface area contributed by atoms with E-state index in [-0.39, 0.29) is 29.8 Å². The topological polar surface area (TPSA) is 96.4 Å². The van der Waals surface area contributed by atoms with E-state index in [1.165, 1.54) is 0 Å². The highest BCUT2D eigenvalue weighted by Gasteiger charge is 2.53. The van der Waals surface area contributed by atoms with E-state index in [0.29, 0.717) is 6.42 Å². The van der Waals surface area contributed by atoms with Crippen molar-refractivity contribution in [2.45, 2.75) is 118 Å². The van der Waals surface area contributed by atoms with Gasteiger partial charge < -0.3 is 19.7 Å². The number of ether oxygens (including phenoxy) is 2. The Balaban J connectivity index is 2.31. The van der Waals surface area contributed by atoms with Gasteiger partial charge in [-0.25, -0.2) is 0 Å². The van der Waals surface area contributed by atoms with E-state index in [1.54, 1.807) is 32.5 Å². The number of hydrogen-bond donors (Lipinski definition) is 2. The van der Waals surface area contributed by atoms with Gasteiger partial charge in [0.2, 0.25) is 0 Å². The zero-order chi connectivity index (χ0) is 27.4. The zero-order valence-corrected chi connectivity index (χ0v) is 24.1. The highest BCUT2D eigenvalue weighted by molar-refractivity contribution is 8.05. The lowest BCUT2D eigenvalue weighted by Crippen LogP contribution is -2.45. The van der Waals surface area contributed by atoms with Crippen LogP contribution in [0.5, 0.6) is 0 Å². The van der Waals surface area contributed by atoms with E-state index in [4.69, 9.17) is 9.47 Å². The number of hydrogen-bond acceptors (Lipinski definition) is 7. The molecule has 0 aromatic carbocycles. The SMILES string of the molecule is C=C(C)S/C=C(C)/C=C(\C)[C@@H]1C[C@@H]2O[C@]2(C)CCC[C@H](C)[C@H](O)[C@@H](C)C(=O)C(C)(C)[C@@H](O)CC(=O)O1. The summed E-state index contributed by atoms with van der Waals surface area (Å²) in [4.78, 5) is 27.2. The number of aliphatic hydroxyl groups is 2. The van der Waals surface area contributed by atoms with Gasteiger partial charge in [-0.2, -0.15) is 0 Å². The molecule has 2 aliphatic rings. The number of carbonyl (C=O) groups excluding carboxylic acids is 2. The molecule has 204 valence electrons. The molecule has 2 rings (SSSR count). The first-order valence-corrected chi connectivity index (χ1v) is 13.9. The van der Waals surface area contributed by atoms with Crippen LogP contribution < -0.4 is 0 Å². The second kappa shape index (κ2) is 12.4. The van der Waals surface area contributed by atoms with Gasteiger partial charge in [0.05, 0.1) is 35.7 Å². The fourth-order valence-electron chi connectivity index (χ4n) is 4.97. The van der Waals surface area contributed by atoms with E-state index in [1.807, 2.05) is 39.2 Å². The largest absolute Gasteiger partial charge is 0.458 e. The summed E-state index contributed by atoms with van der Waals surface area (Å²) in [6.45, 7) is 18.8. The maximum Gasteiger partial charge on any atom is 0.309 e. The Hall–Kier alpha value is -1.41. The fraction of sp³-hybridized carbons (Fsp3) is 0.724. The van der Waals surface area contributed by atoms with Crippen molar-refractivity contribution in [1.82, 2.24) is 0 Å². The summed E-state index contributed by atoms with van der Waals surface area (Å²) in [6.07, 6.45) is 2.11. The second-order valence-corrected chi connectivity index (χ2v) is 12.8. The summed E-state index contributed by atoms with van der Waals surface area (Å²) in [6, 6.07) is 0. The van der Waals surface area contributed by atoms with Crippen molar-refractivity contribution in [2.75, 3.05) is 0 Å². The van der Waals surface area contributed by atoms with Crippen molar-refractivity contribution in [3.05, 3.63) is 34.1 Å². The van der Waals surface area contributed by atoms with E-state index in [9.17, 15) is 19.8 Å². The van der Waals surface area contributed by atoms with Crippen LogP contribution in [0.1, 0.15) is 87.5 Å². The van der Waals surface area contributed by atoms with Crippen LogP contribution in [0.3, 0.4) is 0 Å². The van der Waals surface area contributed by atoms with Crippen molar-refractivity contribution in [3.8, 4) is 0 Å². The van der Waals surface area contributed by atoms with Gasteiger partial charge in [-0.15, -0.1) is 11.8 Å². The molecule has 0 aromatic heterocycles. The van der Waals surface area contributed by atoms with E-state index in [2.05, 4.69) is 13.5 Å². The first-order chi connectivity index (χ1) is 16.6. The van der Waals surface area contributed by atoms with Gasteiger partial charge in [-0.1, -0.05) is 46.8 Å². The summed E-state index contributed by atoms with van der Waals surface area (Å²) in [5, 5.41) is 23.7. The molecule has 0 aliphatic carbocycles. The third-order valence-electron chi connectivity index (χ3n) is 7.82. The molecule has 0 radical (unpaired) electrons. The van der Waals surface area contributed by atoms with Crippen LogP contribution in [0.25, 0.3) is 0 Å². The second-order valence-electron chi connectivity index (χ2n) is 11.7. The minimum atomic E-state index is -1.23. The van der Waals surface area contributed by atoms with Crippen LogP contribution in [0.15, 0.2) is 34.1 Å². The molecule has 36 heavy (non-hydrogen) atoms. The third kappa shape index (κ3) is 8.04. The monoisotopic (exact) mass is 522 g/mol. The van der Waals surface area contributed by atoms with Crippen molar-refractivity contribution in [2.24, 2.45) is 17.3 Å². The summed E-state index contributed by atoms with van der Waals surface area (Å²) >= 11 is 1.55. The first-order valence-electron chi connectivity index (χ1n) is 13.0. The molecule has 2 saturated heterocycles. The minimum absolute atomic E-state index is 0.0391. The Morgan fingerprint density at radius 3 is 2.39 bits per heavy atom. The lowest BCUT2D eigenvalue weighted by molar-refractivity contribution is -0.154. The number of allylic oxidation sites excluding steroid dienone is 3. The first kappa shape index (κ1) is 30.8. The lowest BCUT2D eigenvalue weighted by Gasteiger charge is -2.34. The van der Waals surface area contributed by atoms with Crippen molar-refractivity contribution >= 4 is 23.5 Å². The maximum absolute atomic E-state index is 13.2. The van der Waals surface area contributed by atoms with Crippen LogP contribution >= 0.6 is 11.8 Å². The molecular weight excluding hydrogens is 476 g/mol. The number of rotatable bonds is 4. The van der Waals surface area contributed by atoms with Gasteiger partial charge >= 0.3 is 5.97 Å². The molecule has 0 bridgehead atoms. The Kier molecular flexibility index (Phi) is 10.6. The Morgan fingerprint density at radius 2 is 1.78 bits per heavy atom. The van der Waals surface area contributed by atoms with E-state index < -0.39 is 35.6 Å². The van der Waals surface area contributed by atoms with Crippen LogP contribution in [-0.2, 0) is 19.1 Å². The maximum atomic E-state index is 13.2. The molecule has 7 heteroatoms. The van der Waals surface area contributed by atoms with Gasteiger partial charge in [0.15, 0.2) is 0 Å². The Labute approximate surface area is 221 Å². The molecule has 2 N–H and O–H groups in total. The van der Waals surface area contributed by atoms with Crippen LogP contribution in [-0.4, -0.2) is 52.0 Å². The molecule has 0 unspecified atom stereocenters. The normalized spacial score (nSPS) is 37.2. The summed E-state index contributed by atoms with van der Waals surface area (Å²) in [5.41, 5.74) is 0.425. The summed E-state index contributed by atoms with van der Waals surface area (Å²) < 4.78 is 12.0.